The van der Waals surface area contributed by atoms with Gasteiger partial charge in [0.1, 0.15) is 0 Å². The van der Waals surface area contributed by atoms with Crippen LogP contribution in [-0.2, 0) is 16.1 Å². The minimum atomic E-state index is -0.349. The molecule has 0 N–H and O–H groups in total. The SMILES string of the molecule is CC(C)(C)ON(C=O)C1CCc2ccccc21. The normalized spacial score (nSPS) is 18.9. The molecule has 1 aromatic carbocycles. The summed E-state index contributed by atoms with van der Waals surface area (Å²) in [5.41, 5.74) is 2.18. The molecule has 0 fully saturated rings. The fraction of sp³-hybridized carbons (Fsp3) is 0.500. The van der Waals surface area contributed by atoms with E-state index in [0.29, 0.717) is 0 Å². The summed E-state index contributed by atoms with van der Waals surface area (Å²) in [5, 5.41) is 1.46. The zero-order valence-electron chi connectivity index (χ0n) is 10.6. The zero-order chi connectivity index (χ0) is 12.5. The molecule has 1 aliphatic rings. The zero-order valence-corrected chi connectivity index (χ0v) is 10.6. The van der Waals surface area contributed by atoms with Crippen molar-refractivity contribution >= 4 is 6.41 Å². The van der Waals surface area contributed by atoms with Crippen LogP contribution in [-0.4, -0.2) is 17.1 Å². The standard InChI is InChI=1S/C14H19NO2/c1-14(2,3)17-15(10-16)13-9-8-11-6-4-5-7-12(11)13/h4-7,10,13H,8-9H2,1-3H3. The monoisotopic (exact) mass is 233 g/mol. The van der Waals surface area contributed by atoms with E-state index >= 15 is 0 Å². The van der Waals surface area contributed by atoms with Crippen LogP contribution in [0.4, 0.5) is 0 Å². The fourth-order valence-electron chi connectivity index (χ4n) is 2.27. The predicted molar refractivity (Wildman–Crippen MR) is 66.2 cm³/mol. The number of benzene rings is 1. The van der Waals surface area contributed by atoms with Crippen LogP contribution in [0.5, 0.6) is 0 Å². The lowest BCUT2D eigenvalue weighted by Gasteiger charge is -2.31. The van der Waals surface area contributed by atoms with Crippen molar-refractivity contribution in [3.63, 3.8) is 0 Å². The summed E-state index contributed by atoms with van der Waals surface area (Å²) < 4.78 is 0. The van der Waals surface area contributed by atoms with Crippen LogP contribution in [0.15, 0.2) is 24.3 Å². The molecule has 1 unspecified atom stereocenters. The highest BCUT2D eigenvalue weighted by Gasteiger charge is 2.30. The number of carbonyl (C=O) groups is 1. The predicted octanol–water partition coefficient (Wildman–Crippen LogP) is 2.86. The summed E-state index contributed by atoms with van der Waals surface area (Å²) in [7, 11) is 0. The second-order valence-electron chi connectivity index (χ2n) is 5.42. The van der Waals surface area contributed by atoms with E-state index in [0.717, 1.165) is 19.3 Å². The number of nitrogens with zero attached hydrogens (tertiary/aromatic N) is 1. The van der Waals surface area contributed by atoms with Crippen LogP contribution in [0.25, 0.3) is 0 Å². The Morgan fingerprint density at radius 3 is 2.71 bits per heavy atom. The van der Waals surface area contributed by atoms with Crippen LogP contribution in [0.2, 0.25) is 0 Å². The molecule has 3 heteroatoms. The molecular formula is C14H19NO2. The molecule has 1 aromatic rings. The van der Waals surface area contributed by atoms with Crippen molar-refractivity contribution in [2.75, 3.05) is 0 Å². The van der Waals surface area contributed by atoms with Gasteiger partial charge in [0.05, 0.1) is 11.6 Å². The first-order valence-electron chi connectivity index (χ1n) is 6.02. The van der Waals surface area contributed by atoms with Crippen molar-refractivity contribution in [2.45, 2.75) is 45.3 Å². The van der Waals surface area contributed by atoms with Crippen molar-refractivity contribution in [1.29, 1.82) is 0 Å². The van der Waals surface area contributed by atoms with Gasteiger partial charge in [0.15, 0.2) is 0 Å². The molecule has 0 spiro atoms. The summed E-state index contributed by atoms with van der Waals surface area (Å²) in [4.78, 5) is 16.9. The van der Waals surface area contributed by atoms with Crippen LogP contribution in [0.1, 0.15) is 44.4 Å². The maximum atomic E-state index is 11.2. The van der Waals surface area contributed by atoms with E-state index in [1.54, 1.807) is 0 Å². The van der Waals surface area contributed by atoms with Gasteiger partial charge in [-0.2, -0.15) is 0 Å². The number of carbonyl (C=O) groups excluding carboxylic acids is 1. The van der Waals surface area contributed by atoms with E-state index in [1.807, 2.05) is 32.9 Å². The van der Waals surface area contributed by atoms with E-state index in [4.69, 9.17) is 4.84 Å². The van der Waals surface area contributed by atoms with E-state index < -0.39 is 0 Å². The van der Waals surface area contributed by atoms with Gasteiger partial charge in [-0.05, 0) is 44.7 Å². The molecule has 92 valence electrons. The molecular weight excluding hydrogens is 214 g/mol. The highest BCUT2D eigenvalue weighted by atomic mass is 16.7. The Kier molecular flexibility index (Phi) is 3.20. The third kappa shape index (κ3) is 2.67. The second-order valence-corrected chi connectivity index (χ2v) is 5.42. The number of rotatable bonds is 3. The first kappa shape index (κ1) is 12.1. The molecule has 0 radical (unpaired) electrons. The molecule has 17 heavy (non-hydrogen) atoms. The quantitative estimate of drug-likeness (QED) is 0.593. The van der Waals surface area contributed by atoms with E-state index in [1.165, 1.54) is 16.2 Å². The average Bonchev–Trinajstić information content (AvgIpc) is 2.68. The van der Waals surface area contributed by atoms with Gasteiger partial charge < -0.3 is 0 Å². The highest BCUT2D eigenvalue weighted by molar-refractivity contribution is 5.48. The molecule has 0 aliphatic heterocycles. The van der Waals surface area contributed by atoms with Gasteiger partial charge in [-0.25, -0.2) is 5.06 Å². The van der Waals surface area contributed by atoms with Gasteiger partial charge in [-0.3, -0.25) is 9.63 Å². The number of amides is 1. The van der Waals surface area contributed by atoms with Gasteiger partial charge in [-0.1, -0.05) is 24.3 Å². The molecule has 0 saturated carbocycles. The van der Waals surface area contributed by atoms with Crippen LogP contribution >= 0.6 is 0 Å². The number of fused-ring (bicyclic) bond motifs is 1. The Hall–Kier alpha value is -1.35. The Morgan fingerprint density at radius 1 is 1.35 bits per heavy atom. The lowest BCUT2D eigenvalue weighted by molar-refractivity contribution is -0.233. The summed E-state index contributed by atoms with van der Waals surface area (Å²) in [6.45, 7) is 5.85. The van der Waals surface area contributed by atoms with Crippen molar-refractivity contribution in [3.8, 4) is 0 Å². The molecule has 0 aromatic heterocycles. The summed E-state index contributed by atoms with van der Waals surface area (Å²) in [5.74, 6) is 0. The maximum absolute atomic E-state index is 11.2. The van der Waals surface area contributed by atoms with Gasteiger partial charge >= 0.3 is 0 Å². The minimum Gasteiger partial charge on any atom is -0.276 e. The largest absolute Gasteiger partial charge is 0.276 e. The Bertz CT molecular complexity index is 409. The smallest absolute Gasteiger partial charge is 0.233 e. The first-order chi connectivity index (χ1) is 8.01. The molecule has 3 nitrogen and oxygen atoms in total. The topological polar surface area (TPSA) is 29.5 Å². The lowest BCUT2D eigenvalue weighted by Crippen LogP contribution is -2.35. The molecule has 0 heterocycles. The number of aryl methyl sites for hydroxylation is 1. The number of hydrogen-bond donors (Lipinski definition) is 0. The Labute approximate surface area is 102 Å². The third-order valence-corrected chi connectivity index (χ3v) is 2.89. The van der Waals surface area contributed by atoms with Gasteiger partial charge in [0, 0.05) is 0 Å². The van der Waals surface area contributed by atoms with Crippen molar-refractivity contribution in [2.24, 2.45) is 0 Å². The highest BCUT2D eigenvalue weighted by Crippen LogP contribution is 2.35. The molecule has 1 atom stereocenters. The second kappa shape index (κ2) is 4.49. The van der Waals surface area contributed by atoms with Gasteiger partial charge in [0.2, 0.25) is 6.41 Å². The average molecular weight is 233 g/mol. The summed E-state index contributed by atoms with van der Waals surface area (Å²) >= 11 is 0. The maximum Gasteiger partial charge on any atom is 0.233 e. The minimum absolute atomic E-state index is 0.0583. The van der Waals surface area contributed by atoms with Crippen molar-refractivity contribution in [1.82, 2.24) is 5.06 Å². The van der Waals surface area contributed by atoms with Crippen LogP contribution in [0, 0.1) is 0 Å². The Morgan fingerprint density at radius 2 is 2.06 bits per heavy atom. The van der Waals surface area contributed by atoms with Crippen LogP contribution < -0.4 is 0 Å². The summed E-state index contributed by atoms with van der Waals surface area (Å²) in [6.07, 6.45) is 2.74. The van der Waals surface area contributed by atoms with E-state index in [-0.39, 0.29) is 11.6 Å². The molecule has 0 saturated heterocycles. The lowest BCUT2D eigenvalue weighted by atomic mass is 10.1. The van der Waals surface area contributed by atoms with Crippen LogP contribution in [0.3, 0.4) is 0 Å². The van der Waals surface area contributed by atoms with E-state index in [2.05, 4.69) is 12.1 Å². The fourth-order valence-corrected chi connectivity index (χ4v) is 2.27. The van der Waals surface area contributed by atoms with Gasteiger partial charge in [-0.15, -0.1) is 0 Å². The van der Waals surface area contributed by atoms with E-state index in [9.17, 15) is 4.79 Å². The first-order valence-corrected chi connectivity index (χ1v) is 6.02. The molecule has 2 rings (SSSR count). The molecule has 0 bridgehead atoms. The molecule has 1 amide bonds. The van der Waals surface area contributed by atoms with Crippen molar-refractivity contribution < 1.29 is 9.63 Å². The number of hydrogen-bond acceptors (Lipinski definition) is 2. The molecule has 1 aliphatic carbocycles. The van der Waals surface area contributed by atoms with Gasteiger partial charge in [0.25, 0.3) is 0 Å². The van der Waals surface area contributed by atoms with Crippen molar-refractivity contribution in [3.05, 3.63) is 35.4 Å². The summed E-state index contributed by atoms with van der Waals surface area (Å²) in [6, 6.07) is 8.31. The number of hydroxylamine groups is 2. The third-order valence-electron chi connectivity index (χ3n) is 2.89. The Balaban J connectivity index is 2.20.